The molecule has 0 aliphatic heterocycles. The number of aryl methyl sites for hydroxylation is 1. The van der Waals surface area contributed by atoms with Crippen LogP contribution in [-0.2, 0) is 6.54 Å². The molecule has 4 heteroatoms. The molecule has 0 spiro atoms. The van der Waals surface area contributed by atoms with E-state index < -0.39 is 0 Å². The van der Waals surface area contributed by atoms with Crippen molar-refractivity contribution in [1.82, 2.24) is 4.57 Å². The van der Waals surface area contributed by atoms with E-state index in [1.807, 2.05) is 0 Å². The normalized spacial score (nSPS) is 10.3. The first-order valence-electron chi connectivity index (χ1n) is 4.90. The number of nitrogens with zero attached hydrogens (tertiary/aromatic N) is 1. The topological polar surface area (TPSA) is 52.2 Å². The molecule has 2 aromatic heterocycles. The van der Waals surface area contributed by atoms with Gasteiger partial charge in [-0.05, 0) is 25.1 Å². The van der Waals surface area contributed by atoms with E-state index in [9.17, 15) is 9.59 Å². The minimum atomic E-state index is -0.0495. The quantitative estimate of drug-likeness (QED) is 0.734. The average Bonchev–Trinajstić information content (AvgIpc) is 2.73. The van der Waals surface area contributed by atoms with Gasteiger partial charge in [0, 0.05) is 11.8 Å². The fourth-order valence-corrected chi connectivity index (χ4v) is 1.49. The lowest BCUT2D eigenvalue weighted by Crippen LogP contribution is -2.21. The van der Waals surface area contributed by atoms with Crippen molar-refractivity contribution in [2.24, 2.45) is 0 Å². The van der Waals surface area contributed by atoms with Gasteiger partial charge in [-0.3, -0.25) is 9.59 Å². The van der Waals surface area contributed by atoms with Gasteiger partial charge in [0.2, 0.25) is 0 Å². The maximum absolute atomic E-state index is 11.7. The van der Waals surface area contributed by atoms with Gasteiger partial charge in [0.05, 0.1) is 6.54 Å². The number of aromatic nitrogens is 1. The summed E-state index contributed by atoms with van der Waals surface area (Å²) >= 11 is 0. The maximum atomic E-state index is 11.7. The zero-order valence-electron chi connectivity index (χ0n) is 8.84. The third kappa shape index (κ3) is 1.95. The van der Waals surface area contributed by atoms with E-state index in [1.54, 1.807) is 42.0 Å². The number of hydrogen-bond donors (Lipinski definition) is 0. The first-order valence-corrected chi connectivity index (χ1v) is 4.90. The van der Waals surface area contributed by atoms with Gasteiger partial charge in [-0.2, -0.15) is 0 Å². The molecule has 2 rings (SSSR count). The monoisotopic (exact) mass is 217 g/mol. The van der Waals surface area contributed by atoms with E-state index in [0.717, 1.165) is 0 Å². The molecule has 0 bridgehead atoms. The van der Waals surface area contributed by atoms with E-state index in [1.165, 1.54) is 0 Å². The fourth-order valence-electron chi connectivity index (χ4n) is 1.49. The molecule has 0 radical (unpaired) electrons. The van der Waals surface area contributed by atoms with Crippen LogP contribution in [0.15, 0.2) is 39.7 Å². The lowest BCUT2D eigenvalue weighted by molar-refractivity contribution is 0.109. The van der Waals surface area contributed by atoms with Gasteiger partial charge in [-0.25, -0.2) is 0 Å². The largest absolute Gasteiger partial charge is 0.456 e. The van der Waals surface area contributed by atoms with E-state index in [2.05, 4.69) is 0 Å². The van der Waals surface area contributed by atoms with Crippen molar-refractivity contribution in [2.45, 2.75) is 13.5 Å². The molecule has 0 saturated heterocycles. The molecule has 0 unspecified atom stereocenters. The third-order valence-corrected chi connectivity index (χ3v) is 2.34. The van der Waals surface area contributed by atoms with Crippen LogP contribution in [0.1, 0.15) is 21.9 Å². The second-order valence-electron chi connectivity index (χ2n) is 3.55. The predicted octanol–water partition coefficient (Wildman–Crippen LogP) is 1.61. The first kappa shape index (κ1) is 10.4. The number of carbonyl (C=O) groups excluding carboxylic acids is 1. The van der Waals surface area contributed by atoms with Crippen molar-refractivity contribution < 1.29 is 9.21 Å². The first-order chi connectivity index (χ1) is 7.70. The molecule has 0 aliphatic carbocycles. The highest BCUT2D eigenvalue weighted by atomic mass is 16.3. The molecule has 0 aliphatic rings. The summed E-state index contributed by atoms with van der Waals surface area (Å²) in [6.07, 6.45) is 2.33. The minimum Gasteiger partial charge on any atom is -0.456 e. The Morgan fingerprint density at radius 3 is 2.88 bits per heavy atom. The van der Waals surface area contributed by atoms with Crippen molar-refractivity contribution in [3.8, 4) is 0 Å². The Morgan fingerprint density at radius 2 is 2.19 bits per heavy atom. The van der Waals surface area contributed by atoms with Crippen LogP contribution in [0, 0.1) is 6.92 Å². The average molecular weight is 217 g/mol. The van der Waals surface area contributed by atoms with Crippen LogP contribution < -0.4 is 5.56 Å². The third-order valence-electron chi connectivity index (χ3n) is 2.34. The molecule has 4 nitrogen and oxygen atoms in total. The molecule has 2 heterocycles. The summed E-state index contributed by atoms with van der Waals surface area (Å²) < 4.78 is 6.75. The Morgan fingerprint density at radius 1 is 1.38 bits per heavy atom. The molecule has 0 saturated carbocycles. The highest BCUT2D eigenvalue weighted by Crippen LogP contribution is 2.06. The van der Waals surface area contributed by atoms with Crippen LogP contribution in [0.25, 0.3) is 0 Å². The van der Waals surface area contributed by atoms with Gasteiger partial charge >= 0.3 is 0 Å². The zero-order chi connectivity index (χ0) is 11.5. The molecular weight excluding hydrogens is 206 g/mol. The number of aldehydes is 1. The molecule has 2 aromatic rings. The summed E-state index contributed by atoms with van der Waals surface area (Å²) in [5.74, 6) is 0.866. The molecule has 0 N–H and O–H groups in total. The Labute approximate surface area is 92.1 Å². The van der Waals surface area contributed by atoms with Crippen LogP contribution in [-0.4, -0.2) is 10.9 Å². The second kappa shape index (κ2) is 4.18. The summed E-state index contributed by atoms with van der Waals surface area (Å²) in [6.45, 7) is 2.10. The van der Waals surface area contributed by atoms with Crippen molar-refractivity contribution >= 4 is 6.29 Å². The van der Waals surface area contributed by atoms with Crippen molar-refractivity contribution in [1.29, 1.82) is 0 Å². The second-order valence-corrected chi connectivity index (χ2v) is 3.55. The van der Waals surface area contributed by atoms with Gasteiger partial charge in [0.15, 0.2) is 12.0 Å². The number of pyridine rings is 1. The molecule has 82 valence electrons. The van der Waals surface area contributed by atoms with E-state index in [4.69, 9.17) is 4.42 Å². The summed E-state index contributed by atoms with van der Waals surface area (Å²) in [5.41, 5.74) is 0.635. The lowest BCUT2D eigenvalue weighted by Gasteiger charge is -2.03. The number of hydrogen-bond acceptors (Lipinski definition) is 3. The van der Waals surface area contributed by atoms with Gasteiger partial charge in [0.1, 0.15) is 5.76 Å². The molecule has 0 amide bonds. The summed E-state index contributed by atoms with van der Waals surface area (Å²) in [7, 11) is 0. The van der Waals surface area contributed by atoms with Gasteiger partial charge < -0.3 is 8.98 Å². The lowest BCUT2D eigenvalue weighted by atomic mass is 10.3. The zero-order valence-corrected chi connectivity index (χ0v) is 8.84. The summed E-state index contributed by atoms with van der Waals surface area (Å²) in [5, 5.41) is 0. The molecule has 16 heavy (non-hydrogen) atoms. The Bertz CT molecular complexity index is 566. The summed E-state index contributed by atoms with van der Waals surface area (Å²) in [4.78, 5) is 22.1. The van der Waals surface area contributed by atoms with E-state index >= 15 is 0 Å². The highest BCUT2D eigenvalue weighted by Gasteiger charge is 2.04. The molecule has 0 atom stereocenters. The van der Waals surface area contributed by atoms with E-state index in [-0.39, 0.29) is 11.3 Å². The van der Waals surface area contributed by atoms with Crippen molar-refractivity contribution in [2.75, 3.05) is 0 Å². The van der Waals surface area contributed by atoms with Gasteiger partial charge in [-0.15, -0.1) is 0 Å². The summed E-state index contributed by atoms with van der Waals surface area (Å²) in [6, 6.07) is 6.85. The highest BCUT2D eigenvalue weighted by molar-refractivity contribution is 5.70. The predicted molar refractivity (Wildman–Crippen MR) is 58.6 cm³/mol. The molecule has 0 aromatic carbocycles. The SMILES string of the molecule is Cc1cccn(Cc2ccc(C=O)o2)c1=O. The number of carbonyl (C=O) groups is 1. The van der Waals surface area contributed by atoms with Crippen LogP contribution in [0.3, 0.4) is 0 Å². The Hall–Kier alpha value is -2.10. The standard InChI is InChI=1S/C12H11NO3/c1-9-3-2-6-13(12(9)15)7-10-4-5-11(8-14)16-10/h2-6,8H,7H2,1H3. The van der Waals surface area contributed by atoms with Gasteiger partial charge in [0.25, 0.3) is 5.56 Å². The number of furan rings is 1. The van der Waals surface area contributed by atoms with Crippen LogP contribution in [0.5, 0.6) is 0 Å². The Balaban J connectivity index is 2.30. The smallest absolute Gasteiger partial charge is 0.253 e. The minimum absolute atomic E-state index is 0.0495. The number of rotatable bonds is 3. The molecular formula is C12H11NO3. The molecule has 0 fully saturated rings. The van der Waals surface area contributed by atoms with Crippen molar-refractivity contribution in [3.05, 3.63) is 57.9 Å². The van der Waals surface area contributed by atoms with E-state index in [0.29, 0.717) is 24.2 Å². The van der Waals surface area contributed by atoms with Gasteiger partial charge in [-0.1, -0.05) is 6.07 Å². The van der Waals surface area contributed by atoms with Crippen LogP contribution >= 0.6 is 0 Å². The maximum Gasteiger partial charge on any atom is 0.253 e. The Kier molecular flexibility index (Phi) is 2.72. The van der Waals surface area contributed by atoms with Crippen molar-refractivity contribution in [3.63, 3.8) is 0 Å². The van der Waals surface area contributed by atoms with Crippen LogP contribution in [0.2, 0.25) is 0 Å². The fraction of sp³-hybridized carbons (Fsp3) is 0.167. The van der Waals surface area contributed by atoms with Crippen LogP contribution in [0.4, 0.5) is 0 Å².